The van der Waals surface area contributed by atoms with E-state index in [1.54, 1.807) is 0 Å². The predicted octanol–water partition coefficient (Wildman–Crippen LogP) is 6.02. The quantitative estimate of drug-likeness (QED) is 0.0755. The third kappa shape index (κ3) is 45.6. The topological polar surface area (TPSA) is 113 Å². The Morgan fingerprint density at radius 3 is 0.646 bits per heavy atom. The van der Waals surface area contributed by atoms with Gasteiger partial charge in [-0.1, -0.05) is 96.8 Å². The number of ether oxygens (including phenoxy) is 10. The van der Waals surface area contributed by atoms with Gasteiger partial charge in [0.05, 0.1) is 132 Å². The van der Waals surface area contributed by atoms with E-state index in [4.69, 9.17) is 52.5 Å². The molecule has 0 saturated heterocycles. The molecule has 0 rings (SSSR count). The number of hydrogen-bond acceptors (Lipinski definition) is 11. The highest BCUT2D eigenvalue weighted by atomic mass is 16.6. The second-order valence-electron chi connectivity index (χ2n) is 11.8. The number of unbranched alkanes of at least 4 members (excludes halogenated alkanes) is 14. The van der Waals surface area contributed by atoms with Crippen LogP contribution in [-0.4, -0.2) is 144 Å². The first-order valence-corrected chi connectivity index (χ1v) is 19.3. The van der Waals surface area contributed by atoms with Crippen molar-refractivity contribution in [2.75, 3.05) is 139 Å². The lowest BCUT2D eigenvalue weighted by atomic mass is 10.0. The van der Waals surface area contributed by atoms with E-state index in [-0.39, 0.29) is 6.61 Å². The summed E-state index contributed by atoms with van der Waals surface area (Å²) >= 11 is 0. The molecule has 0 saturated carbocycles. The summed E-state index contributed by atoms with van der Waals surface area (Å²) in [7, 11) is 0. The van der Waals surface area contributed by atoms with Crippen molar-refractivity contribution >= 4 is 0 Å². The number of aliphatic hydroxyl groups excluding tert-OH is 1. The second kappa shape index (κ2) is 46.6. The molecule has 0 spiro atoms. The van der Waals surface area contributed by atoms with Gasteiger partial charge in [0, 0.05) is 6.61 Å². The Bertz CT molecular complexity index is 499. The van der Waals surface area contributed by atoms with Crippen LogP contribution >= 0.6 is 0 Å². The van der Waals surface area contributed by atoms with Crippen LogP contribution in [0.2, 0.25) is 0 Å². The highest BCUT2D eigenvalue weighted by Crippen LogP contribution is 2.13. The van der Waals surface area contributed by atoms with Crippen LogP contribution in [0.25, 0.3) is 0 Å². The molecule has 0 radical (unpaired) electrons. The van der Waals surface area contributed by atoms with Gasteiger partial charge in [-0.05, 0) is 6.42 Å². The SMILES string of the molecule is CCCCCCCCCCCCCCCCCOCCOCCOCCOCCOCCOCCOCCOCCOCCOCCO. The van der Waals surface area contributed by atoms with Crippen LogP contribution in [0.5, 0.6) is 0 Å². The minimum Gasteiger partial charge on any atom is -0.394 e. The smallest absolute Gasteiger partial charge is 0.0701 e. The van der Waals surface area contributed by atoms with Crippen LogP contribution in [-0.2, 0) is 47.4 Å². The van der Waals surface area contributed by atoms with Gasteiger partial charge in [-0.25, -0.2) is 0 Å². The molecule has 0 unspecified atom stereocenters. The summed E-state index contributed by atoms with van der Waals surface area (Å²) in [5.74, 6) is 0. The molecule has 0 aliphatic heterocycles. The van der Waals surface area contributed by atoms with Gasteiger partial charge in [0.2, 0.25) is 0 Å². The maximum absolute atomic E-state index is 8.59. The molecule has 11 nitrogen and oxygen atoms in total. The molecule has 0 aromatic heterocycles. The Balaban J connectivity index is 3.04. The summed E-state index contributed by atoms with van der Waals surface area (Å²) in [6.45, 7) is 13.1. The van der Waals surface area contributed by atoms with Crippen LogP contribution in [0, 0.1) is 0 Å². The molecule has 48 heavy (non-hydrogen) atoms. The van der Waals surface area contributed by atoms with Gasteiger partial charge < -0.3 is 52.5 Å². The largest absolute Gasteiger partial charge is 0.394 e. The lowest BCUT2D eigenvalue weighted by Gasteiger charge is -2.09. The van der Waals surface area contributed by atoms with Crippen molar-refractivity contribution in [3.63, 3.8) is 0 Å². The lowest BCUT2D eigenvalue weighted by Crippen LogP contribution is -2.15. The van der Waals surface area contributed by atoms with Gasteiger partial charge in [-0.2, -0.15) is 0 Å². The molecule has 1 N–H and O–H groups in total. The van der Waals surface area contributed by atoms with E-state index in [2.05, 4.69) is 6.92 Å². The average Bonchev–Trinajstić information content (AvgIpc) is 3.10. The second-order valence-corrected chi connectivity index (χ2v) is 11.8. The molecule has 0 atom stereocenters. The zero-order valence-corrected chi connectivity index (χ0v) is 31.0. The highest BCUT2D eigenvalue weighted by Gasteiger charge is 1.97. The van der Waals surface area contributed by atoms with Crippen molar-refractivity contribution in [1.29, 1.82) is 0 Å². The van der Waals surface area contributed by atoms with Crippen molar-refractivity contribution in [3.05, 3.63) is 0 Å². The molecule has 0 amide bonds. The molecule has 0 aliphatic carbocycles. The van der Waals surface area contributed by atoms with Crippen molar-refractivity contribution in [3.8, 4) is 0 Å². The third-order valence-corrected chi connectivity index (χ3v) is 7.48. The van der Waals surface area contributed by atoms with E-state index in [1.807, 2.05) is 0 Å². The first-order valence-electron chi connectivity index (χ1n) is 19.3. The van der Waals surface area contributed by atoms with Gasteiger partial charge in [-0.15, -0.1) is 0 Å². The van der Waals surface area contributed by atoms with Gasteiger partial charge in [0.25, 0.3) is 0 Å². The fraction of sp³-hybridized carbons (Fsp3) is 1.00. The predicted molar refractivity (Wildman–Crippen MR) is 190 cm³/mol. The lowest BCUT2D eigenvalue weighted by molar-refractivity contribution is -0.0268. The minimum absolute atomic E-state index is 0.0304. The molecular weight excluding hydrogens is 620 g/mol. The summed E-state index contributed by atoms with van der Waals surface area (Å²) in [6.07, 6.45) is 20.7. The van der Waals surface area contributed by atoms with Crippen LogP contribution in [0.15, 0.2) is 0 Å². The maximum Gasteiger partial charge on any atom is 0.0701 e. The standard InChI is InChI=1S/C37H76O11/c1-2-3-4-5-6-7-8-9-10-11-12-13-14-15-16-18-39-20-22-41-24-26-43-28-30-45-32-34-47-36-37-48-35-33-46-31-29-44-27-25-42-23-21-40-19-17-38/h38H,2-37H2,1H3. The first kappa shape index (κ1) is 47.6. The van der Waals surface area contributed by atoms with Crippen molar-refractivity contribution in [2.45, 2.75) is 103 Å². The Hall–Kier alpha value is -0.440. The Kier molecular flexibility index (Phi) is 46.1. The normalized spacial score (nSPS) is 11.6. The average molecular weight is 697 g/mol. The van der Waals surface area contributed by atoms with Gasteiger partial charge in [0.1, 0.15) is 0 Å². The Labute approximate surface area is 294 Å². The molecule has 0 aliphatic rings. The summed E-state index contributed by atoms with van der Waals surface area (Å²) < 4.78 is 54.5. The van der Waals surface area contributed by atoms with Crippen molar-refractivity contribution in [1.82, 2.24) is 0 Å². The summed E-state index contributed by atoms with van der Waals surface area (Å²) in [5.41, 5.74) is 0. The molecule has 11 heteroatoms. The van der Waals surface area contributed by atoms with Crippen LogP contribution < -0.4 is 0 Å². The van der Waals surface area contributed by atoms with E-state index in [9.17, 15) is 0 Å². The number of aliphatic hydroxyl groups is 1. The molecule has 0 fully saturated rings. The molecular formula is C37H76O11. The van der Waals surface area contributed by atoms with Crippen molar-refractivity contribution < 1.29 is 52.5 Å². The van der Waals surface area contributed by atoms with Gasteiger partial charge >= 0.3 is 0 Å². The van der Waals surface area contributed by atoms with Crippen LogP contribution in [0.1, 0.15) is 103 Å². The molecule has 0 aromatic carbocycles. The van der Waals surface area contributed by atoms with E-state index < -0.39 is 0 Å². The number of rotatable bonds is 45. The van der Waals surface area contributed by atoms with E-state index in [0.29, 0.717) is 126 Å². The summed E-state index contributed by atoms with van der Waals surface area (Å²) in [6, 6.07) is 0. The summed E-state index contributed by atoms with van der Waals surface area (Å²) in [4.78, 5) is 0. The maximum atomic E-state index is 8.59. The Morgan fingerprint density at radius 2 is 0.417 bits per heavy atom. The molecule has 0 heterocycles. The highest BCUT2D eigenvalue weighted by molar-refractivity contribution is 4.50. The van der Waals surface area contributed by atoms with E-state index in [1.165, 1.54) is 89.9 Å². The van der Waals surface area contributed by atoms with Crippen LogP contribution in [0.3, 0.4) is 0 Å². The van der Waals surface area contributed by atoms with E-state index in [0.717, 1.165) is 13.0 Å². The molecule has 0 bridgehead atoms. The monoisotopic (exact) mass is 697 g/mol. The number of hydrogen-bond donors (Lipinski definition) is 1. The molecule has 0 aromatic rings. The van der Waals surface area contributed by atoms with E-state index >= 15 is 0 Å². The molecule has 290 valence electrons. The van der Waals surface area contributed by atoms with Gasteiger partial charge in [0.15, 0.2) is 0 Å². The Morgan fingerprint density at radius 1 is 0.229 bits per heavy atom. The fourth-order valence-corrected chi connectivity index (χ4v) is 4.72. The van der Waals surface area contributed by atoms with Gasteiger partial charge in [-0.3, -0.25) is 0 Å². The van der Waals surface area contributed by atoms with Crippen LogP contribution in [0.4, 0.5) is 0 Å². The van der Waals surface area contributed by atoms with Crippen molar-refractivity contribution in [2.24, 2.45) is 0 Å². The first-order chi connectivity index (χ1) is 23.9. The third-order valence-electron chi connectivity index (χ3n) is 7.48. The summed E-state index contributed by atoms with van der Waals surface area (Å²) in [5, 5.41) is 8.59. The minimum atomic E-state index is 0.0304. The fourth-order valence-electron chi connectivity index (χ4n) is 4.72. The zero-order valence-electron chi connectivity index (χ0n) is 31.0. The zero-order chi connectivity index (χ0) is 34.5.